The molecular weight excluding hydrogens is 340 g/mol. The van der Waals surface area contributed by atoms with Crippen LogP contribution >= 0.6 is 11.8 Å². The molecule has 0 heterocycles. The van der Waals surface area contributed by atoms with Crippen molar-refractivity contribution in [1.29, 1.82) is 0 Å². The summed E-state index contributed by atoms with van der Waals surface area (Å²) < 4.78 is 5.93. The highest BCUT2D eigenvalue weighted by Gasteiger charge is 2.61. The highest BCUT2D eigenvalue weighted by molar-refractivity contribution is 7.98. The van der Waals surface area contributed by atoms with Gasteiger partial charge in [0.25, 0.3) is 0 Å². The predicted molar refractivity (Wildman–Crippen MR) is 109 cm³/mol. The molecule has 26 heavy (non-hydrogen) atoms. The molecule has 0 amide bonds. The van der Waals surface area contributed by atoms with Crippen molar-refractivity contribution in [3.8, 4) is 11.5 Å². The Labute approximate surface area is 161 Å². The van der Waals surface area contributed by atoms with Crippen molar-refractivity contribution >= 4 is 11.8 Å². The first kappa shape index (κ1) is 17.9. The second-order valence-electron chi connectivity index (χ2n) is 8.41. The van der Waals surface area contributed by atoms with Gasteiger partial charge in [0.15, 0.2) is 0 Å². The van der Waals surface area contributed by atoms with Crippen LogP contribution in [0, 0.1) is 17.3 Å². The van der Waals surface area contributed by atoms with Gasteiger partial charge in [-0.15, -0.1) is 0 Å². The fourth-order valence-corrected chi connectivity index (χ4v) is 6.34. The van der Waals surface area contributed by atoms with Gasteiger partial charge in [0, 0.05) is 11.5 Å². The lowest BCUT2D eigenvalue weighted by Gasteiger charge is -2.46. The summed E-state index contributed by atoms with van der Waals surface area (Å²) in [6, 6.07) is 18.2. The molecule has 2 fully saturated rings. The molecule has 0 saturated heterocycles. The van der Waals surface area contributed by atoms with E-state index < -0.39 is 5.60 Å². The largest absolute Gasteiger partial charge is 0.457 e. The number of hydrogen-bond donors (Lipinski definition) is 1. The van der Waals surface area contributed by atoms with Crippen molar-refractivity contribution in [3.05, 3.63) is 60.2 Å². The van der Waals surface area contributed by atoms with E-state index in [2.05, 4.69) is 26.0 Å². The van der Waals surface area contributed by atoms with Crippen LogP contribution in [0.1, 0.15) is 38.7 Å². The van der Waals surface area contributed by atoms with E-state index >= 15 is 0 Å². The zero-order valence-corrected chi connectivity index (χ0v) is 16.5. The van der Waals surface area contributed by atoms with E-state index in [4.69, 9.17) is 4.74 Å². The molecule has 2 aliphatic carbocycles. The molecule has 2 bridgehead atoms. The lowest BCUT2D eigenvalue weighted by Crippen LogP contribution is -2.51. The van der Waals surface area contributed by atoms with E-state index in [0.29, 0.717) is 11.8 Å². The Balaban J connectivity index is 1.37. The Morgan fingerprint density at radius 2 is 1.73 bits per heavy atom. The number of aliphatic hydroxyl groups is 1. The second-order valence-corrected chi connectivity index (χ2v) is 9.39. The van der Waals surface area contributed by atoms with Crippen LogP contribution in [0.25, 0.3) is 0 Å². The third-order valence-corrected chi connectivity index (χ3v) is 7.89. The van der Waals surface area contributed by atoms with Crippen LogP contribution < -0.4 is 4.74 Å². The summed E-state index contributed by atoms with van der Waals surface area (Å²) in [5.41, 5.74) is 0.771. The van der Waals surface area contributed by atoms with Gasteiger partial charge < -0.3 is 9.84 Å². The van der Waals surface area contributed by atoms with Crippen LogP contribution in [0.2, 0.25) is 0 Å². The number of rotatable bonds is 6. The van der Waals surface area contributed by atoms with Gasteiger partial charge in [-0.05, 0) is 66.3 Å². The van der Waals surface area contributed by atoms with Gasteiger partial charge in [-0.1, -0.05) is 44.2 Å². The lowest BCUT2D eigenvalue weighted by molar-refractivity contribution is -0.0862. The SMILES string of the molecule is CC1(C)C2CCC(C2)C1(O)CSCc1cccc(Oc2ccccc2)c1. The smallest absolute Gasteiger partial charge is 0.127 e. The molecule has 0 aromatic heterocycles. The van der Waals surface area contributed by atoms with E-state index in [1.807, 2.05) is 54.2 Å². The van der Waals surface area contributed by atoms with Crippen molar-refractivity contribution in [3.63, 3.8) is 0 Å². The van der Waals surface area contributed by atoms with Crippen molar-refractivity contribution in [1.82, 2.24) is 0 Å². The Bertz CT molecular complexity index is 758. The first-order valence-electron chi connectivity index (χ1n) is 9.61. The Kier molecular flexibility index (Phi) is 4.79. The average Bonchev–Trinajstić information content (AvgIpc) is 3.19. The van der Waals surface area contributed by atoms with E-state index in [-0.39, 0.29) is 5.41 Å². The van der Waals surface area contributed by atoms with Gasteiger partial charge in [-0.2, -0.15) is 11.8 Å². The topological polar surface area (TPSA) is 29.5 Å². The summed E-state index contributed by atoms with van der Waals surface area (Å²) in [6.07, 6.45) is 3.71. The number of hydrogen-bond acceptors (Lipinski definition) is 3. The first-order chi connectivity index (χ1) is 12.5. The molecule has 3 atom stereocenters. The maximum Gasteiger partial charge on any atom is 0.127 e. The quantitative estimate of drug-likeness (QED) is 0.688. The summed E-state index contributed by atoms with van der Waals surface area (Å²) in [4.78, 5) is 0. The van der Waals surface area contributed by atoms with E-state index in [1.54, 1.807) is 0 Å². The van der Waals surface area contributed by atoms with Crippen molar-refractivity contribution in [2.45, 2.75) is 44.5 Å². The average molecular weight is 369 g/mol. The van der Waals surface area contributed by atoms with E-state index in [1.165, 1.54) is 24.8 Å². The summed E-state index contributed by atoms with van der Waals surface area (Å²) in [7, 11) is 0. The minimum absolute atomic E-state index is 0.0428. The molecule has 3 unspecified atom stereocenters. The van der Waals surface area contributed by atoms with Gasteiger partial charge in [0.05, 0.1) is 5.60 Å². The molecule has 138 valence electrons. The fourth-order valence-electron chi connectivity index (χ4n) is 4.90. The highest BCUT2D eigenvalue weighted by Crippen LogP contribution is 2.62. The molecule has 2 aromatic rings. The third-order valence-electron chi connectivity index (χ3n) is 6.71. The third kappa shape index (κ3) is 3.16. The van der Waals surface area contributed by atoms with Crippen LogP contribution in [0.5, 0.6) is 11.5 Å². The first-order valence-corrected chi connectivity index (χ1v) is 10.8. The summed E-state index contributed by atoms with van der Waals surface area (Å²) in [5, 5.41) is 11.4. The van der Waals surface area contributed by atoms with Crippen molar-refractivity contribution in [2.75, 3.05) is 5.75 Å². The summed E-state index contributed by atoms with van der Waals surface area (Å²) in [5.74, 6) is 4.64. The Morgan fingerprint density at radius 1 is 1.00 bits per heavy atom. The summed E-state index contributed by atoms with van der Waals surface area (Å²) >= 11 is 1.85. The molecule has 0 aliphatic heterocycles. The zero-order chi connectivity index (χ0) is 18.2. The molecule has 3 heteroatoms. The van der Waals surface area contributed by atoms with Crippen molar-refractivity contribution in [2.24, 2.45) is 17.3 Å². The highest BCUT2D eigenvalue weighted by atomic mass is 32.2. The zero-order valence-electron chi connectivity index (χ0n) is 15.7. The minimum Gasteiger partial charge on any atom is -0.457 e. The van der Waals surface area contributed by atoms with E-state index in [0.717, 1.165) is 23.0 Å². The fraction of sp³-hybridized carbons (Fsp3) is 0.478. The number of benzene rings is 2. The normalized spacial score (nSPS) is 29.0. The van der Waals surface area contributed by atoms with Gasteiger partial charge in [-0.25, -0.2) is 0 Å². The molecule has 2 saturated carbocycles. The van der Waals surface area contributed by atoms with Gasteiger partial charge >= 0.3 is 0 Å². The Morgan fingerprint density at radius 3 is 2.46 bits per heavy atom. The minimum atomic E-state index is -0.515. The van der Waals surface area contributed by atoms with Crippen LogP contribution in [0.4, 0.5) is 0 Å². The number of fused-ring (bicyclic) bond motifs is 2. The van der Waals surface area contributed by atoms with Crippen LogP contribution in [0.3, 0.4) is 0 Å². The standard InChI is InChI=1S/C23H28O2S/c1-22(2)18-11-12-19(14-18)23(22,24)16-26-15-17-7-6-10-21(13-17)25-20-8-4-3-5-9-20/h3-10,13,18-19,24H,11-12,14-16H2,1-2H3. The molecule has 2 aromatic carbocycles. The van der Waals surface area contributed by atoms with Crippen LogP contribution in [-0.2, 0) is 5.75 Å². The second kappa shape index (κ2) is 6.94. The maximum atomic E-state index is 11.4. The monoisotopic (exact) mass is 368 g/mol. The molecule has 1 N–H and O–H groups in total. The number of para-hydroxylation sites is 1. The predicted octanol–water partition coefficient (Wildman–Crippen LogP) is 5.90. The van der Waals surface area contributed by atoms with Crippen LogP contribution in [0.15, 0.2) is 54.6 Å². The molecule has 4 rings (SSSR count). The van der Waals surface area contributed by atoms with Gasteiger partial charge in [0.2, 0.25) is 0 Å². The molecule has 2 nitrogen and oxygen atoms in total. The van der Waals surface area contributed by atoms with Gasteiger partial charge in [0.1, 0.15) is 11.5 Å². The molecule has 0 spiro atoms. The van der Waals surface area contributed by atoms with Crippen LogP contribution in [-0.4, -0.2) is 16.5 Å². The maximum absolute atomic E-state index is 11.4. The van der Waals surface area contributed by atoms with E-state index in [9.17, 15) is 5.11 Å². The molecule has 0 radical (unpaired) electrons. The van der Waals surface area contributed by atoms with Crippen molar-refractivity contribution < 1.29 is 9.84 Å². The number of thioether (sulfide) groups is 1. The Hall–Kier alpha value is -1.45. The van der Waals surface area contributed by atoms with Gasteiger partial charge in [-0.3, -0.25) is 0 Å². The number of ether oxygens (including phenoxy) is 1. The summed E-state index contributed by atoms with van der Waals surface area (Å²) in [6.45, 7) is 4.54. The molecular formula is C23H28O2S. The molecule has 2 aliphatic rings. The lowest BCUT2D eigenvalue weighted by atomic mass is 9.66.